The number of aryl methyl sites for hydroxylation is 2. The summed E-state index contributed by atoms with van der Waals surface area (Å²) in [7, 11) is 3.79. The lowest BCUT2D eigenvalue weighted by Gasteiger charge is -2.11. The molecule has 0 aliphatic rings. The van der Waals surface area contributed by atoms with Crippen molar-refractivity contribution in [3.63, 3.8) is 0 Å². The van der Waals surface area contributed by atoms with E-state index in [-0.39, 0.29) is 0 Å². The third-order valence-electron chi connectivity index (χ3n) is 5.41. The van der Waals surface area contributed by atoms with Crippen LogP contribution in [-0.4, -0.2) is 26.8 Å². The van der Waals surface area contributed by atoms with Gasteiger partial charge in [0, 0.05) is 47.3 Å². The number of hydrogen-bond donors (Lipinski definition) is 2. The van der Waals surface area contributed by atoms with Crippen molar-refractivity contribution >= 4 is 50.9 Å². The van der Waals surface area contributed by atoms with E-state index in [4.69, 9.17) is 16.7 Å². The third-order valence-corrected chi connectivity index (χ3v) is 5.67. The van der Waals surface area contributed by atoms with Gasteiger partial charge in [-0.15, -0.1) is 0 Å². The molecule has 0 bridgehead atoms. The summed E-state index contributed by atoms with van der Waals surface area (Å²) in [4.78, 5) is 8.89. The highest BCUT2D eigenvalue weighted by Gasteiger charge is 2.16. The Balaban J connectivity index is 1.65. The minimum atomic E-state index is 0.614. The molecule has 0 atom stereocenters. The Morgan fingerprint density at radius 2 is 1.81 bits per heavy atom. The van der Waals surface area contributed by atoms with E-state index in [9.17, 15) is 0 Å². The molecule has 0 saturated carbocycles. The molecule has 0 aliphatic heterocycles. The predicted molar refractivity (Wildman–Crippen MR) is 128 cm³/mol. The molecular weight excluding hydrogens is 408 g/mol. The number of rotatable bonds is 4. The molecule has 0 amide bonds. The van der Waals surface area contributed by atoms with Gasteiger partial charge in [-0.2, -0.15) is 5.10 Å². The highest BCUT2D eigenvalue weighted by atomic mass is 35.5. The van der Waals surface area contributed by atoms with Gasteiger partial charge >= 0.3 is 0 Å². The average molecular weight is 429 g/mol. The van der Waals surface area contributed by atoms with Crippen LogP contribution < -0.4 is 10.6 Å². The zero-order chi connectivity index (χ0) is 21.5. The lowest BCUT2D eigenvalue weighted by atomic mass is 9.96. The van der Waals surface area contributed by atoms with Gasteiger partial charge in [0.1, 0.15) is 0 Å². The van der Waals surface area contributed by atoms with E-state index in [0.29, 0.717) is 11.0 Å². The zero-order valence-electron chi connectivity index (χ0n) is 17.4. The minimum absolute atomic E-state index is 0.614. The fraction of sp³-hybridized carbons (Fsp3) is 0.125. The van der Waals surface area contributed by atoms with Crippen molar-refractivity contribution in [2.75, 3.05) is 17.7 Å². The Bertz CT molecular complexity index is 1420. The standard InChI is InChI=1S/C24H21ClN6/c1-14-4-10-19-22(31(3)30-23(19)28-18-8-6-17(25)7-9-18)21(14)15-5-11-20-16(12-15)13-27-24(26-2)29-20/h4-13H,1-3H3,(H,28,30)(H,26,27,29). The second kappa shape index (κ2) is 7.56. The summed E-state index contributed by atoms with van der Waals surface area (Å²) in [5.74, 6) is 1.42. The molecule has 6 nitrogen and oxygen atoms in total. The smallest absolute Gasteiger partial charge is 0.222 e. The number of nitrogens with zero attached hydrogens (tertiary/aromatic N) is 4. The molecule has 7 heteroatoms. The number of aromatic nitrogens is 4. The first-order valence-corrected chi connectivity index (χ1v) is 10.3. The zero-order valence-corrected chi connectivity index (χ0v) is 18.2. The van der Waals surface area contributed by atoms with Crippen LogP contribution in [0, 0.1) is 6.92 Å². The van der Waals surface area contributed by atoms with Gasteiger partial charge in [-0.05, 0) is 60.5 Å². The SMILES string of the molecule is CNc1ncc2cc(-c3c(C)ccc4c(Nc5ccc(Cl)cc5)nn(C)c34)ccc2n1. The molecule has 0 spiro atoms. The van der Waals surface area contributed by atoms with Gasteiger partial charge in [0.2, 0.25) is 5.95 Å². The molecule has 0 radical (unpaired) electrons. The van der Waals surface area contributed by atoms with Gasteiger partial charge in [0.15, 0.2) is 5.82 Å². The third kappa shape index (κ3) is 3.45. The molecular formula is C24H21ClN6. The highest BCUT2D eigenvalue weighted by molar-refractivity contribution is 6.30. The molecule has 2 heterocycles. The van der Waals surface area contributed by atoms with Gasteiger partial charge in [0.05, 0.1) is 11.0 Å². The Labute approximate surface area is 184 Å². The maximum atomic E-state index is 6.02. The normalized spacial score (nSPS) is 11.2. The second-order valence-electron chi connectivity index (χ2n) is 7.47. The molecule has 5 rings (SSSR count). The molecule has 31 heavy (non-hydrogen) atoms. The summed E-state index contributed by atoms with van der Waals surface area (Å²) < 4.78 is 1.93. The topological polar surface area (TPSA) is 67.7 Å². The van der Waals surface area contributed by atoms with Gasteiger partial charge in [-0.25, -0.2) is 9.97 Å². The molecule has 0 fully saturated rings. The van der Waals surface area contributed by atoms with Crippen molar-refractivity contribution in [1.29, 1.82) is 0 Å². The van der Waals surface area contributed by atoms with Gasteiger partial charge in [-0.1, -0.05) is 23.7 Å². The van der Waals surface area contributed by atoms with Crippen molar-refractivity contribution in [3.8, 4) is 11.1 Å². The first-order valence-electron chi connectivity index (χ1n) is 9.97. The van der Waals surface area contributed by atoms with Crippen LogP contribution in [0.2, 0.25) is 5.02 Å². The van der Waals surface area contributed by atoms with Gasteiger partial charge < -0.3 is 10.6 Å². The lowest BCUT2D eigenvalue weighted by molar-refractivity contribution is 0.801. The molecule has 0 saturated heterocycles. The van der Waals surface area contributed by atoms with Gasteiger partial charge in [-0.3, -0.25) is 4.68 Å². The monoisotopic (exact) mass is 428 g/mol. The van der Waals surface area contributed by atoms with E-state index in [2.05, 4.69) is 51.8 Å². The summed E-state index contributed by atoms with van der Waals surface area (Å²) in [6, 6.07) is 18.1. The predicted octanol–water partition coefficient (Wildman–Crippen LogP) is 5.93. The summed E-state index contributed by atoms with van der Waals surface area (Å²) >= 11 is 6.02. The molecule has 3 aromatic carbocycles. The van der Waals surface area contributed by atoms with Crippen molar-refractivity contribution in [1.82, 2.24) is 19.7 Å². The second-order valence-corrected chi connectivity index (χ2v) is 7.91. The first kappa shape index (κ1) is 19.3. The van der Waals surface area contributed by atoms with Crippen LogP contribution >= 0.6 is 11.6 Å². The minimum Gasteiger partial charge on any atom is -0.357 e. The molecule has 0 aliphatic carbocycles. The first-order chi connectivity index (χ1) is 15.0. The fourth-order valence-electron chi connectivity index (χ4n) is 3.91. The Kier molecular flexibility index (Phi) is 4.71. The maximum absolute atomic E-state index is 6.02. The number of nitrogens with one attached hydrogen (secondary N) is 2. The Hall–Kier alpha value is -3.64. The molecule has 2 N–H and O–H groups in total. The van der Waals surface area contributed by atoms with E-state index in [1.54, 1.807) is 0 Å². The van der Waals surface area contributed by atoms with E-state index in [1.165, 1.54) is 5.56 Å². The number of anilines is 3. The summed E-state index contributed by atoms with van der Waals surface area (Å²) in [5, 5.41) is 13.9. The average Bonchev–Trinajstić information content (AvgIpc) is 3.09. The molecule has 0 unspecified atom stereocenters. The molecule has 2 aromatic heterocycles. The van der Waals surface area contributed by atoms with Crippen molar-refractivity contribution in [3.05, 3.63) is 71.4 Å². The van der Waals surface area contributed by atoms with E-state index >= 15 is 0 Å². The summed E-state index contributed by atoms with van der Waals surface area (Å²) in [6.45, 7) is 2.12. The van der Waals surface area contributed by atoms with Crippen LogP contribution in [0.1, 0.15) is 5.56 Å². The lowest BCUT2D eigenvalue weighted by Crippen LogP contribution is -1.97. The maximum Gasteiger partial charge on any atom is 0.222 e. The van der Waals surface area contributed by atoms with Crippen LogP contribution in [0.15, 0.2) is 60.8 Å². The molecule has 154 valence electrons. The van der Waals surface area contributed by atoms with Crippen LogP contribution in [-0.2, 0) is 7.05 Å². The molecule has 5 aromatic rings. The fourth-order valence-corrected chi connectivity index (χ4v) is 4.04. The van der Waals surface area contributed by atoms with E-state index < -0.39 is 0 Å². The summed E-state index contributed by atoms with van der Waals surface area (Å²) in [6.07, 6.45) is 1.85. The Morgan fingerprint density at radius 1 is 1.00 bits per heavy atom. The van der Waals surface area contributed by atoms with Crippen molar-refractivity contribution < 1.29 is 0 Å². The number of hydrogen-bond acceptors (Lipinski definition) is 5. The van der Waals surface area contributed by atoms with Crippen LogP contribution in [0.4, 0.5) is 17.5 Å². The van der Waals surface area contributed by atoms with Crippen LogP contribution in [0.25, 0.3) is 32.9 Å². The number of benzene rings is 3. The largest absolute Gasteiger partial charge is 0.357 e. The van der Waals surface area contributed by atoms with Crippen LogP contribution in [0.5, 0.6) is 0 Å². The van der Waals surface area contributed by atoms with Gasteiger partial charge in [0.25, 0.3) is 0 Å². The quantitative estimate of drug-likeness (QED) is 0.371. The van der Waals surface area contributed by atoms with E-state index in [0.717, 1.165) is 44.4 Å². The van der Waals surface area contributed by atoms with E-state index in [1.807, 2.05) is 55.3 Å². The van der Waals surface area contributed by atoms with Crippen molar-refractivity contribution in [2.24, 2.45) is 7.05 Å². The number of fused-ring (bicyclic) bond motifs is 2. The Morgan fingerprint density at radius 3 is 2.58 bits per heavy atom. The summed E-state index contributed by atoms with van der Waals surface area (Å²) in [5.41, 5.74) is 6.36. The van der Waals surface area contributed by atoms with Crippen molar-refractivity contribution in [2.45, 2.75) is 6.92 Å². The highest BCUT2D eigenvalue weighted by Crippen LogP contribution is 2.36. The van der Waals surface area contributed by atoms with Crippen LogP contribution in [0.3, 0.4) is 0 Å². The number of halogens is 1.